The van der Waals surface area contributed by atoms with Crippen molar-refractivity contribution in [3.63, 3.8) is 0 Å². The molecule has 98 valence electrons. The molecule has 0 saturated heterocycles. The maximum Gasteiger partial charge on any atom is 0.307 e. The Morgan fingerprint density at radius 3 is 2.89 bits per heavy atom. The minimum atomic E-state index is -0.694. The van der Waals surface area contributed by atoms with Gasteiger partial charge in [-0.15, -0.1) is 0 Å². The molecule has 0 amide bonds. The van der Waals surface area contributed by atoms with Gasteiger partial charge in [0.05, 0.1) is 11.6 Å². The first-order valence-corrected chi connectivity index (χ1v) is 6.71. The van der Waals surface area contributed by atoms with E-state index >= 15 is 0 Å². The van der Waals surface area contributed by atoms with Gasteiger partial charge in [0.15, 0.2) is 0 Å². The highest BCUT2D eigenvalue weighted by molar-refractivity contribution is 5.71. The molecule has 18 heavy (non-hydrogen) atoms. The molecule has 0 radical (unpaired) electrons. The highest BCUT2D eigenvalue weighted by Gasteiger charge is 2.36. The molecule has 1 heterocycles. The summed E-state index contributed by atoms with van der Waals surface area (Å²) in [4.78, 5) is 19.7. The SMILES string of the molecule is CCCC1CCC(C(=O)O)C(c2cnccn2)C1. The van der Waals surface area contributed by atoms with E-state index in [-0.39, 0.29) is 11.8 Å². The second-order valence-corrected chi connectivity index (χ2v) is 5.15. The van der Waals surface area contributed by atoms with E-state index < -0.39 is 5.97 Å². The van der Waals surface area contributed by atoms with Crippen LogP contribution in [0.5, 0.6) is 0 Å². The van der Waals surface area contributed by atoms with Crippen molar-refractivity contribution in [2.24, 2.45) is 11.8 Å². The third-order valence-corrected chi connectivity index (χ3v) is 3.94. The van der Waals surface area contributed by atoms with E-state index in [9.17, 15) is 9.90 Å². The number of nitrogens with zero attached hydrogens (tertiary/aromatic N) is 2. The molecule has 3 atom stereocenters. The summed E-state index contributed by atoms with van der Waals surface area (Å²) in [7, 11) is 0. The molecule has 2 rings (SSSR count). The van der Waals surface area contributed by atoms with Gasteiger partial charge in [0.1, 0.15) is 0 Å². The summed E-state index contributed by atoms with van der Waals surface area (Å²) in [6.07, 6.45) is 10.1. The molecule has 4 heteroatoms. The number of carboxylic acid groups (broad SMARTS) is 1. The lowest BCUT2D eigenvalue weighted by molar-refractivity contribution is -0.144. The normalized spacial score (nSPS) is 27.9. The number of carboxylic acids is 1. The molecule has 1 saturated carbocycles. The second kappa shape index (κ2) is 5.94. The lowest BCUT2D eigenvalue weighted by Crippen LogP contribution is -2.29. The monoisotopic (exact) mass is 248 g/mol. The molecule has 4 nitrogen and oxygen atoms in total. The zero-order valence-electron chi connectivity index (χ0n) is 10.7. The van der Waals surface area contributed by atoms with Gasteiger partial charge in [-0.3, -0.25) is 14.8 Å². The highest BCUT2D eigenvalue weighted by Crippen LogP contribution is 2.41. The van der Waals surface area contributed by atoms with Crippen LogP contribution in [0.3, 0.4) is 0 Å². The zero-order valence-corrected chi connectivity index (χ0v) is 10.7. The summed E-state index contributed by atoms with van der Waals surface area (Å²) in [6.45, 7) is 2.18. The van der Waals surface area contributed by atoms with Crippen LogP contribution in [0.25, 0.3) is 0 Å². The van der Waals surface area contributed by atoms with Crippen molar-refractivity contribution in [3.8, 4) is 0 Å². The van der Waals surface area contributed by atoms with E-state index in [0.717, 1.165) is 31.4 Å². The topological polar surface area (TPSA) is 63.1 Å². The Hall–Kier alpha value is -1.45. The van der Waals surface area contributed by atoms with Crippen molar-refractivity contribution in [2.75, 3.05) is 0 Å². The predicted molar refractivity (Wildman–Crippen MR) is 68.1 cm³/mol. The Kier molecular flexibility index (Phi) is 4.28. The third-order valence-electron chi connectivity index (χ3n) is 3.94. The van der Waals surface area contributed by atoms with Gasteiger partial charge in [-0.05, 0) is 25.2 Å². The number of aromatic nitrogens is 2. The van der Waals surface area contributed by atoms with Crippen molar-refractivity contribution in [1.82, 2.24) is 9.97 Å². The molecule has 1 aromatic heterocycles. The van der Waals surface area contributed by atoms with E-state index in [0.29, 0.717) is 5.92 Å². The highest BCUT2D eigenvalue weighted by atomic mass is 16.4. The molecule has 0 bridgehead atoms. The van der Waals surface area contributed by atoms with E-state index in [1.54, 1.807) is 18.6 Å². The van der Waals surface area contributed by atoms with Crippen LogP contribution in [0.1, 0.15) is 50.6 Å². The first-order valence-electron chi connectivity index (χ1n) is 6.71. The summed E-state index contributed by atoms with van der Waals surface area (Å²) < 4.78 is 0. The van der Waals surface area contributed by atoms with Crippen molar-refractivity contribution in [3.05, 3.63) is 24.3 Å². The minimum Gasteiger partial charge on any atom is -0.481 e. The van der Waals surface area contributed by atoms with Crippen molar-refractivity contribution < 1.29 is 9.90 Å². The molecule has 3 unspecified atom stereocenters. The van der Waals surface area contributed by atoms with Gasteiger partial charge in [-0.2, -0.15) is 0 Å². The quantitative estimate of drug-likeness (QED) is 0.890. The fraction of sp³-hybridized carbons (Fsp3) is 0.643. The molecule has 0 aliphatic heterocycles. The van der Waals surface area contributed by atoms with Gasteiger partial charge in [0, 0.05) is 24.5 Å². The standard InChI is InChI=1S/C14H20N2O2/c1-2-3-10-4-5-11(14(17)18)12(8-10)13-9-15-6-7-16-13/h6-7,9-12H,2-5,8H2,1H3,(H,17,18). The smallest absolute Gasteiger partial charge is 0.307 e. The first-order chi connectivity index (χ1) is 8.72. The molecule has 1 aliphatic carbocycles. The number of hydrogen-bond donors (Lipinski definition) is 1. The molecule has 1 aliphatic rings. The Labute approximate surface area is 107 Å². The van der Waals surface area contributed by atoms with Gasteiger partial charge < -0.3 is 5.11 Å². The molecular weight excluding hydrogens is 228 g/mol. The van der Waals surface area contributed by atoms with Gasteiger partial charge in [-0.1, -0.05) is 19.8 Å². The Morgan fingerprint density at radius 1 is 1.44 bits per heavy atom. The summed E-state index contributed by atoms with van der Waals surface area (Å²) in [5, 5.41) is 9.34. The Morgan fingerprint density at radius 2 is 2.28 bits per heavy atom. The Bertz CT molecular complexity index is 394. The second-order valence-electron chi connectivity index (χ2n) is 5.15. The number of rotatable bonds is 4. The zero-order chi connectivity index (χ0) is 13.0. The lowest BCUT2D eigenvalue weighted by atomic mass is 9.71. The summed E-state index contributed by atoms with van der Waals surface area (Å²) in [5.41, 5.74) is 0.839. The largest absolute Gasteiger partial charge is 0.481 e. The number of carbonyl (C=O) groups is 1. The van der Waals surface area contributed by atoms with E-state index in [4.69, 9.17) is 0 Å². The average Bonchev–Trinajstić information content (AvgIpc) is 2.40. The summed E-state index contributed by atoms with van der Waals surface area (Å²) in [5.74, 6) is -0.325. The number of aliphatic carboxylic acids is 1. The molecular formula is C14H20N2O2. The average molecular weight is 248 g/mol. The van der Waals surface area contributed by atoms with E-state index in [2.05, 4.69) is 16.9 Å². The van der Waals surface area contributed by atoms with Crippen molar-refractivity contribution in [1.29, 1.82) is 0 Å². The molecule has 1 aromatic rings. The molecule has 0 aromatic carbocycles. The summed E-state index contributed by atoms with van der Waals surface area (Å²) in [6, 6.07) is 0. The van der Waals surface area contributed by atoms with Crippen LogP contribution in [0, 0.1) is 11.8 Å². The van der Waals surface area contributed by atoms with Crippen LogP contribution in [0.2, 0.25) is 0 Å². The summed E-state index contributed by atoms with van der Waals surface area (Å²) >= 11 is 0. The van der Waals surface area contributed by atoms with Crippen LogP contribution in [0.15, 0.2) is 18.6 Å². The fourth-order valence-corrected chi connectivity index (χ4v) is 3.05. The van der Waals surface area contributed by atoms with Crippen molar-refractivity contribution >= 4 is 5.97 Å². The minimum absolute atomic E-state index is 0.0292. The van der Waals surface area contributed by atoms with Gasteiger partial charge in [0.2, 0.25) is 0 Å². The Balaban J connectivity index is 2.17. The maximum atomic E-state index is 11.4. The van der Waals surface area contributed by atoms with Gasteiger partial charge in [-0.25, -0.2) is 0 Å². The lowest BCUT2D eigenvalue weighted by Gasteiger charge is -2.33. The van der Waals surface area contributed by atoms with Crippen LogP contribution in [-0.2, 0) is 4.79 Å². The van der Waals surface area contributed by atoms with Crippen molar-refractivity contribution in [2.45, 2.75) is 44.9 Å². The predicted octanol–water partition coefficient (Wildman–Crippen LogP) is 2.86. The van der Waals surface area contributed by atoms with E-state index in [1.807, 2.05) is 0 Å². The maximum absolute atomic E-state index is 11.4. The van der Waals surface area contributed by atoms with Gasteiger partial charge in [0.25, 0.3) is 0 Å². The van der Waals surface area contributed by atoms with Crippen LogP contribution in [0.4, 0.5) is 0 Å². The third kappa shape index (κ3) is 2.86. The molecule has 0 spiro atoms. The first kappa shape index (κ1) is 13.0. The van der Waals surface area contributed by atoms with Gasteiger partial charge >= 0.3 is 5.97 Å². The molecule has 1 fully saturated rings. The van der Waals surface area contributed by atoms with Crippen LogP contribution in [-0.4, -0.2) is 21.0 Å². The molecule has 1 N–H and O–H groups in total. The fourth-order valence-electron chi connectivity index (χ4n) is 3.05. The van der Waals surface area contributed by atoms with E-state index in [1.165, 1.54) is 6.42 Å². The van der Waals surface area contributed by atoms with Crippen LogP contribution < -0.4 is 0 Å². The number of hydrogen-bond acceptors (Lipinski definition) is 3. The van der Waals surface area contributed by atoms with Crippen LogP contribution >= 0.6 is 0 Å².